The van der Waals surface area contributed by atoms with E-state index in [0.29, 0.717) is 5.76 Å². The summed E-state index contributed by atoms with van der Waals surface area (Å²) < 4.78 is 23.1. The van der Waals surface area contributed by atoms with E-state index in [9.17, 15) is 18.8 Å². The Bertz CT molecular complexity index is 748. The maximum absolute atomic E-state index is 13.5. The summed E-state index contributed by atoms with van der Waals surface area (Å²) in [5, 5.41) is 4.46. The van der Waals surface area contributed by atoms with Crippen molar-refractivity contribution in [3.05, 3.63) is 58.8 Å². The predicted molar refractivity (Wildman–Crippen MR) is 80.8 cm³/mol. The van der Waals surface area contributed by atoms with Gasteiger partial charge in [0.2, 0.25) is 0 Å². The van der Waals surface area contributed by atoms with E-state index < -0.39 is 35.9 Å². The molecule has 0 aliphatic heterocycles. The van der Waals surface area contributed by atoms with Gasteiger partial charge in [-0.25, -0.2) is 14.0 Å². The molecule has 0 saturated carbocycles. The normalized spacial score (nSPS) is 10.1. The maximum Gasteiger partial charge on any atom is 0.341 e. The largest absolute Gasteiger partial charge is 0.467 e. The zero-order chi connectivity index (χ0) is 17.5. The van der Waals surface area contributed by atoms with E-state index in [1.54, 1.807) is 12.1 Å². The van der Waals surface area contributed by atoms with Crippen molar-refractivity contribution in [2.45, 2.75) is 6.54 Å². The van der Waals surface area contributed by atoms with Crippen LogP contribution in [0.5, 0.6) is 0 Å². The lowest BCUT2D eigenvalue weighted by atomic mass is 10.2. The van der Waals surface area contributed by atoms with Crippen LogP contribution in [0.4, 0.5) is 9.18 Å². The molecule has 0 saturated heterocycles. The lowest BCUT2D eigenvalue weighted by molar-refractivity contribution is -0.123. The molecule has 0 atom stereocenters. The summed E-state index contributed by atoms with van der Waals surface area (Å²) >= 11 is 5.66. The zero-order valence-corrected chi connectivity index (χ0v) is 12.9. The molecule has 1 heterocycles. The highest BCUT2D eigenvalue weighted by atomic mass is 35.5. The number of carbonyl (C=O) groups is 3. The third-order valence-electron chi connectivity index (χ3n) is 2.74. The molecule has 1 aromatic heterocycles. The quantitative estimate of drug-likeness (QED) is 0.803. The van der Waals surface area contributed by atoms with Crippen LogP contribution in [-0.2, 0) is 16.1 Å². The standard InChI is InChI=1S/C15H12ClFN2O5/c16-9-3-4-12(17)11(6-9)14(21)24-8-13(20)19-15(22)18-7-10-2-1-5-23-10/h1-6H,7-8H2,(H2,18,19,20,22). The third-order valence-corrected chi connectivity index (χ3v) is 2.97. The van der Waals surface area contributed by atoms with Gasteiger partial charge in [-0.15, -0.1) is 0 Å². The summed E-state index contributed by atoms with van der Waals surface area (Å²) in [6.45, 7) is -0.668. The molecule has 3 amide bonds. The number of esters is 1. The Balaban J connectivity index is 1.77. The summed E-state index contributed by atoms with van der Waals surface area (Å²) in [6.07, 6.45) is 1.44. The van der Waals surface area contributed by atoms with E-state index in [2.05, 4.69) is 10.1 Å². The number of benzene rings is 1. The number of halogens is 2. The second-order valence-electron chi connectivity index (χ2n) is 4.51. The molecule has 0 unspecified atom stereocenters. The summed E-state index contributed by atoms with van der Waals surface area (Å²) in [4.78, 5) is 34.6. The number of carbonyl (C=O) groups excluding carboxylic acids is 3. The first-order chi connectivity index (χ1) is 11.5. The number of hydrogen-bond donors (Lipinski definition) is 2. The molecule has 0 bridgehead atoms. The smallest absolute Gasteiger partial charge is 0.341 e. The van der Waals surface area contributed by atoms with Crippen LogP contribution in [0, 0.1) is 5.82 Å². The molecule has 0 aliphatic rings. The monoisotopic (exact) mass is 354 g/mol. The molecule has 0 spiro atoms. The lowest BCUT2D eigenvalue weighted by Crippen LogP contribution is -2.41. The maximum atomic E-state index is 13.5. The molecule has 9 heteroatoms. The molecule has 24 heavy (non-hydrogen) atoms. The van der Waals surface area contributed by atoms with Gasteiger partial charge in [-0.2, -0.15) is 0 Å². The molecule has 2 rings (SSSR count). The number of hydrogen-bond acceptors (Lipinski definition) is 5. The predicted octanol–water partition coefficient (Wildman–Crippen LogP) is 2.25. The molecular weight excluding hydrogens is 343 g/mol. The van der Waals surface area contributed by atoms with Crippen LogP contribution in [-0.4, -0.2) is 24.5 Å². The molecule has 0 fully saturated rings. The van der Waals surface area contributed by atoms with Gasteiger partial charge in [0.25, 0.3) is 5.91 Å². The molecule has 2 aromatic rings. The van der Waals surface area contributed by atoms with Gasteiger partial charge >= 0.3 is 12.0 Å². The number of urea groups is 1. The summed E-state index contributed by atoms with van der Waals surface area (Å²) in [7, 11) is 0. The second-order valence-corrected chi connectivity index (χ2v) is 4.95. The van der Waals surface area contributed by atoms with Crippen molar-refractivity contribution in [1.82, 2.24) is 10.6 Å². The van der Waals surface area contributed by atoms with Crippen LogP contribution in [0.3, 0.4) is 0 Å². The van der Waals surface area contributed by atoms with Gasteiger partial charge in [0.05, 0.1) is 18.4 Å². The SMILES string of the molecule is O=C(COC(=O)c1cc(Cl)ccc1F)NC(=O)NCc1ccco1. The highest BCUT2D eigenvalue weighted by molar-refractivity contribution is 6.30. The fourth-order valence-corrected chi connectivity index (χ4v) is 1.82. The fourth-order valence-electron chi connectivity index (χ4n) is 1.65. The Morgan fingerprint density at radius 2 is 2.04 bits per heavy atom. The minimum Gasteiger partial charge on any atom is -0.467 e. The molecule has 0 radical (unpaired) electrons. The van der Waals surface area contributed by atoms with Gasteiger partial charge in [-0.05, 0) is 30.3 Å². The van der Waals surface area contributed by atoms with E-state index in [4.69, 9.17) is 16.0 Å². The molecule has 1 aromatic carbocycles. The van der Waals surface area contributed by atoms with E-state index in [1.807, 2.05) is 5.32 Å². The lowest BCUT2D eigenvalue weighted by Gasteiger charge is -2.07. The highest BCUT2D eigenvalue weighted by Gasteiger charge is 2.16. The molecule has 0 aliphatic carbocycles. The number of imide groups is 1. The van der Waals surface area contributed by atoms with Gasteiger partial charge in [-0.1, -0.05) is 11.6 Å². The first-order valence-electron chi connectivity index (χ1n) is 6.68. The van der Waals surface area contributed by atoms with Crippen molar-refractivity contribution >= 4 is 29.5 Å². The number of ether oxygens (including phenoxy) is 1. The number of amides is 3. The summed E-state index contributed by atoms with van der Waals surface area (Å²) in [5.41, 5.74) is -0.405. The first-order valence-corrected chi connectivity index (χ1v) is 7.05. The Morgan fingerprint density at radius 3 is 2.75 bits per heavy atom. The third kappa shape index (κ3) is 5.10. The Hall–Kier alpha value is -2.87. The zero-order valence-electron chi connectivity index (χ0n) is 12.2. The van der Waals surface area contributed by atoms with Crippen LogP contribution in [0.25, 0.3) is 0 Å². The van der Waals surface area contributed by atoms with Gasteiger partial charge in [0.1, 0.15) is 11.6 Å². The number of furan rings is 1. The van der Waals surface area contributed by atoms with Crippen LogP contribution in [0.1, 0.15) is 16.1 Å². The Kier molecular flexibility index (Phi) is 5.91. The van der Waals surface area contributed by atoms with Crippen molar-refractivity contribution in [3.8, 4) is 0 Å². The van der Waals surface area contributed by atoms with Gasteiger partial charge in [0, 0.05) is 5.02 Å². The van der Waals surface area contributed by atoms with E-state index in [-0.39, 0.29) is 11.6 Å². The second kappa shape index (κ2) is 8.11. The van der Waals surface area contributed by atoms with Crippen LogP contribution in [0.15, 0.2) is 41.0 Å². The van der Waals surface area contributed by atoms with Gasteiger partial charge < -0.3 is 14.5 Å². The summed E-state index contributed by atoms with van der Waals surface area (Å²) in [5.74, 6) is -2.27. The van der Waals surface area contributed by atoms with Gasteiger partial charge in [0.15, 0.2) is 6.61 Å². The Labute approximate surface area is 140 Å². The number of rotatable bonds is 5. The van der Waals surface area contributed by atoms with Crippen molar-refractivity contribution in [1.29, 1.82) is 0 Å². The van der Waals surface area contributed by atoms with Crippen molar-refractivity contribution in [2.24, 2.45) is 0 Å². The Morgan fingerprint density at radius 1 is 1.25 bits per heavy atom. The van der Waals surface area contributed by atoms with Crippen LogP contribution >= 0.6 is 11.6 Å². The average Bonchev–Trinajstić information content (AvgIpc) is 3.06. The van der Waals surface area contributed by atoms with Crippen LogP contribution < -0.4 is 10.6 Å². The molecular formula is C15H12ClFN2O5. The van der Waals surface area contributed by atoms with Crippen molar-refractivity contribution < 1.29 is 27.9 Å². The fraction of sp³-hybridized carbons (Fsp3) is 0.133. The van der Waals surface area contributed by atoms with Crippen molar-refractivity contribution in [2.75, 3.05) is 6.61 Å². The molecule has 2 N–H and O–H groups in total. The minimum absolute atomic E-state index is 0.0830. The van der Waals surface area contributed by atoms with Gasteiger partial charge in [-0.3, -0.25) is 10.1 Å². The van der Waals surface area contributed by atoms with Crippen molar-refractivity contribution in [3.63, 3.8) is 0 Å². The summed E-state index contributed by atoms with van der Waals surface area (Å²) in [6, 6.07) is 5.84. The molecule has 126 valence electrons. The van der Waals surface area contributed by atoms with E-state index >= 15 is 0 Å². The first kappa shape index (κ1) is 17.5. The average molecular weight is 355 g/mol. The van der Waals surface area contributed by atoms with E-state index in [1.165, 1.54) is 12.3 Å². The van der Waals surface area contributed by atoms with E-state index in [0.717, 1.165) is 12.1 Å². The minimum atomic E-state index is -1.07. The highest BCUT2D eigenvalue weighted by Crippen LogP contribution is 2.15. The molecule has 7 nitrogen and oxygen atoms in total. The topological polar surface area (TPSA) is 97.6 Å². The number of nitrogens with one attached hydrogen (secondary N) is 2. The van der Waals surface area contributed by atoms with Crippen LogP contribution in [0.2, 0.25) is 5.02 Å².